The van der Waals surface area contributed by atoms with Gasteiger partial charge in [0, 0.05) is 12.1 Å². The van der Waals surface area contributed by atoms with Crippen LogP contribution in [0.4, 0.5) is 0 Å². The fourth-order valence-electron chi connectivity index (χ4n) is 2.24. The molecule has 2 nitrogen and oxygen atoms in total. The van der Waals surface area contributed by atoms with E-state index in [1.807, 2.05) is 0 Å². The number of hydrogen-bond acceptors (Lipinski definition) is 2. The second-order valence-corrected chi connectivity index (χ2v) is 4.68. The zero-order valence-electron chi connectivity index (χ0n) is 9.33. The van der Waals surface area contributed by atoms with Crippen LogP contribution >= 0.6 is 0 Å². The van der Waals surface area contributed by atoms with Gasteiger partial charge in [0.2, 0.25) is 0 Å². The number of ether oxygens (including phenoxy) is 1. The Morgan fingerprint density at radius 2 is 2.33 bits per heavy atom. The fraction of sp³-hybridized carbons (Fsp3) is 0.538. The molecular formula is C13H19NO. The summed E-state index contributed by atoms with van der Waals surface area (Å²) in [7, 11) is 0. The molecule has 0 bridgehead atoms. The largest absolute Gasteiger partial charge is 0.380 e. The van der Waals surface area contributed by atoms with Crippen LogP contribution in [0.2, 0.25) is 0 Å². The van der Waals surface area contributed by atoms with E-state index in [1.54, 1.807) is 0 Å². The number of aryl methyl sites for hydroxylation is 1. The SMILES string of the molecule is Cc1cccc(CC2(N)CCCOC2)c1. The third-order valence-corrected chi connectivity index (χ3v) is 2.99. The Labute approximate surface area is 91.4 Å². The minimum atomic E-state index is -0.147. The van der Waals surface area contributed by atoms with Gasteiger partial charge in [0.25, 0.3) is 0 Å². The van der Waals surface area contributed by atoms with Crippen molar-refractivity contribution in [2.75, 3.05) is 13.2 Å². The van der Waals surface area contributed by atoms with Gasteiger partial charge in [-0.05, 0) is 31.7 Å². The first-order chi connectivity index (χ1) is 7.18. The second-order valence-electron chi connectivity index (χ2n) is 4.68. The minimum absolute atomic E-state index is 0.147. The van der Waals surface area contributed by atoms with Crippen LogP contribution in [-0.4, -0.2) is 18.8 Å². The average Bonchev–Trinajstić information content (AvgIpc) is 2.18. The summed E-state index contributed by atoms with van der Waals surface area (Å²) in [4.78, 5) is 0. The van der Waals surface area contributed by atoms with Crippen LogP contribution in [0.5, 0.6) is 0 Å². The highest BCUT2D eigenvalue weighted by molar-refractivity contribution is 5.24. The predicted octanol–water partition coefficient (Wildman–Crippen LogP) is 2.05. The smallest absolute Gasteiger partial charge is 0.0649 e. The molecule has 1 aliphatic heterocycles. The van der Waals surface area contributed by atoms with Crippen LogP contribution in [0.25, 0.3) is 0 Å². The molecule has 82 valence electrons. The van der Waals surface area contributed by atoms with Crippen LogP contribution in [0, 0.1) is 6.92 Å². The van der Waals surface area contributed by atoms with E-state index in [4.69, 9.17) is 10.5 Å². The lowest BCUT2D eigenvalue weighted by Crippen LogP contribution is -2.49. The van der Waals surface area contributed by atoms with Crippen molar-refractivity contribution in [3.63, 3.8) is 0 Å². The average molecular weight is 205 g/mol. The maximum absolute atomic E-state index is 6.32. The molecule has 0 spiro atoms. The lowest BCUT2D eigenvalue weighted by Gasteiger charge is -2.33. The molecule has 0 aliphatic carbocycles. The predicted molar refractivity (Wildman–Crippen MR) is 61.9 cm³/mol. The highest BCUT2D eigenvalue weighted by atomic mass is 16.5. The zero-order chi connectivity index (χ0) is 10.7. The summed E-state index contributed by atoms with van der Waals surface area (Å²) >= 11 is 0. The maximum atomic E-state index is 6.32. The standard InChI is InChI=1S/C13H19NO/c1-11-4-2-5-12(8-11)9-13(14)6-3-7-15-10-13/h2,4-5,8H,3,6-7,9-10,14H2,1H3. The van der Waals surface area contributed by atoms with Crippen LogP contribution in [0.3, 0.4) is 0 Å². The number of rotatable bonds is 2. The first-order valence-corrected chi connectivity index (χ1v) is 5.60. The number of hydrogen-bond donors (Lipinski definition) is 1. The Kier molecular flexibility index (Phi) is 3.08. The third-order valence-electron chi connectivity index (χ3n) is 2.99. The van der Waals surface area contributed by atoms with E-state index < -0.39 is 0 Å². The van der Waals surface area contributed by atoms with Gasteiger partial charge in [0.15, 0.2) is 0 Å². The minimum Gasteiger partial charge on any atom is -0.380 e. The van der Waals surface area contributed by atoms with Gasteiger partial charge in [-0.1, -0.05) is 29.8 Å². The molecule has 0 aromatic heterocycles. The molecule has 0 radical (unpaired) electrons. The van der Waals surface area contributed by atoms with Gasteiger partial charge in [0.05, 0.1) is 6.61 Å². The highest BCUT2D eigenvalue weighted by Gasteiger charge is 2.28. The Balaban J connectivity index is 2.06. The number of benzene rings is 1. The van der Waals surface area contributed by atoms with Crippen LogP contribution in [0.1, 0.15) is 24.0 Å². The normalized spacial score (nSPS) is 26.5. The molecule has 1 aromatic rings. The lowest BCUT2D eigenvalue weighted by molar-refractivity contribution is 0.0382. The molecule has 1 aromatic carbocycles. The summed E-state index contributed by atoms with van der Waals surface area (Å²) in [6, 6.07) is 8.57. The van der Waals surface area contributed by atoms with Gasteiger partial charge in [-0.3, -0.25) is 0 Å². The molecule has 15 heavy (non-hydrogen) atoms. The van der Waals surface area contributed by atoms with E-state index >= 15 is 0 Å². The molecule has 1 unspecified atom stereocenters. The first kappa shape index (κ1) is 10.7. The fourth-order valence-corrected chi connectivity index (χ4v) is 2.24. The highest BCUT2D eigenvalue weighted by Crippen LogP contribution is 2.21. The zero-order valence-corrected chi connectivity index (χ0v) is 9.33. The molecule has 1 aliphatic rings. The molecular weight excluding hydrogens is 186 g/mol. The molecule has 0 saturated carbocycles. The van der Waals surface area contributed by atoms with Crippen molar-refractivity contribution < 1.29 is 4.74 Å². The van der Waals surface area contributed by atoms with E-state index in [0.29, 0.717) is 6.61 Å². The topological polar surface area (TPSA) is 35.2 Å². The van der Waals surface area contributed by atoms with Crippen molar-refractivity contribution in [2.45, 2.75) is 31.7 Å². The Morgan fingerprint density at radius 1 is 1.47 bits per heavy atom. The Morgan fingerprint density at radius 3 is 3.00 bits per heavy atom. The maximum Gasteiger partial charge on any atom is 0.0649 e. The van der Waals surface area contributed by atoms with Crippen LogP contribution in [-0.2, 0) is 11.2 Å². The van der Waals surface area contributed by atoms with Gasteiger partial charge < -0.3 is 10.5 Å². The van der Waals surface area contributed by atoms with Gasteiger partial charge in [0.1, 0.15) is 0 Å². The van der Waals surface area contributed by atoms with Gasteiger partial charge >= 0.3 is 0 Å². The molecule has 1 atom stereocenters. The van der Waals surface area contributed by atoms with Crippen LogP contribution in [0.15, 0.2) is 24.3 Å². The van der Waals surface area contributed by atoms with Crippen molar-refractivity contribution >= 4 is 0 Å². The van der Waals surface area contributed by atoms with Gasteiger partial charge in [-0.2, -0.15) is 0 Å². The summed E-state index contributed by atoms with van der Waals surface area (Å²) in [6.07, 6.45) is 3.08. The summed E-state index contributed by atoms with van der Waals surface area (Å²) in [5.74, 6) is 0. The summed E-state index contributed by atoms with van der Waals surface area (Å²) in [6.45, 7) is 3.68. The van der Waals surface area contributed by atoms with Crippen molar-refractivity contribution in [1.82, 2.24) is 0 Å². The summed E-state index contributed by atoms with van der Waals surface area (Å²) in [5.41, 5.74) is 8.79. The molecule has 1 heterocycles. The van der Waals surface area contributed by atoms with E-state index in [-0.39, 0.29) is 5.54 Å². The Hall–Kier alpha value is -0.860. The van der Waals surface area contributed by atoms with Crippen LogP contribution < -0.4 is 5.73 Å². The van der Waals surface area contributed by atoms with E-state index in [9.17, 15) is 0 Å². The lowest BCUT2D eigenvalue weighted by atomic mass is 9.86. The van der Waals surface area contributed by atoms with E-state index in [0.717, 1.165) is 25.9 Å². The van der Waals surface area contributed by atoms with Gasteiger partial charge in [-0.25, -0.2) is 0 Å². The van der Waals surface area contributed by atoms with Gasteiger partial charge in [-0.15, -0.1) is 0 Å². The van der Waals surface area contributed by atoms with Crippen molar-refractivity contribution in [3.05, 3.63) is 35.4 Å². The van der Waals surface area contributed by atoms with Crippen molar-refractivity contribution in [1.29, 1.82) is 0 Å². The monoisotopic (exact) mass is 205 g/mol. The first-order valence-electron chi connectivity index (χ1n) is 5.60. The molecule has 0 amide bonds. The quantitative estimate of drug-likeness (QED) is 0.802. The summed E-state index contributed by atoms with van der Waals surface area (Å²) in [5, 5.41) is 0. The molecule has 2 N–H and O–H groups in total. The third kappa shape index (κ3) is 2.80. The molecule has 1 saturated heterocycles. The molecule has 2 rings (SSSR count). The second kappa shape index (κ2) is 4.33. The molecule has 1 fully saturated rings. The van der Waals surface area contributed by atoms with E-state index in [1.165, 1.54) is 11.1 Å². The van der Waals surface area contributed by atoms with E-state index in [2.05, 4.69) is 31.2 Å². The summed E-state index contributed by atoms with van der Waals surface area (Å²) < 4.78 is 5.46. The van der Waals surface area contributed by atoms with Crippen molar-refractivity contribution in [3.8, 4) is 0 Å². The molecule has 2 heteroatoms. The number of nitrogens with two attached hydrogens (primary N) is 1. The Bertz CT molecular complexity index is 329. The van der Waals surface area contributed by atoms with Crippen molar-refractivity contribution in [2.24, 2.45) is 5.73 Å².